The topological polar surface area (TPSA) is 133 Å². The number of aromatic nitrogens is 3. The summed E-state index contributed by atoms with van der Waals surface area (Å²) in [4.78, 5) is 31.7. The SMILES string of the molecule is O=C(Nc1cccc(-c2cc(OC(=O)NCCN3CCOCC3)c3cn[nH]c3n2)c1)Nc1cc(C(F)(F)F)ccc1F. The zero-order valence-corrected chi connectivity index (χ0v) is 21.9. The summed E-state index contributed by atoms with van der Waals surface area (Å²) >= 11 is 0. The van der Waals surface area contributed by atoms with Crippen molar-refractivity contribution in [1.82, 2.24) is 25.4 Å². The van der Waals surface area contributed by atoms with Crippen molar-refractivity contribution in [1.29, 1.82) is 0 Å². The quantitative estimate of drug-likeness (QED) is 0.227. The van der Waals surface area contributed by atoms with Gasteiger partial charge in [-0.2, -0.15) is 18.3 Å². The number of morpholine rings is 1. The number of amides is 3. The molecule has 1 aliphatic heterocycles. The molecule has 42 heavy (non-hydrogen) atoms. The number of hydrogen-bond acceptors (Lipinski definition) is 7. The minimum Gasteiger partial charge on any atom is -0.409 e. The van der Waals surface area contributed by atoms with E-state index < -0.39 is 35.4 Å². The lowest BCUT2D eigenvalue weighted by atomic mass is 10.1. The first-order valence-electron chi connectivity index (χ1n) is 12.8. The van der Waals surface area contributed by atoms with Crippen LogP contribution in [0.25, 0.3) is 22.3 Å². The summed E-state index contributed by atoms with van der Waals surface area (Å²) in [6.07, 6.45) is -3.89. The number of ether oxygens (including phenoxy) is 2. The van der Waals surface area contributed by atoms with Crippen LogP contribution in [0.4, 0.5) is 38.5 Å². The van der Waals surface area contributed by atoms with Gasteiger partial charge in [-0.3, -0.25) is 10.00 Å². The fraction of sp³-hybridized carbons (Fsp3) is 0.259. The highest BCUT2D eigenvalue weighted by Crippen LogP contribution is 2.32. The summed E-state index contributed by atoms with van der Waals surface area (Å²) in [5.74, 6) is -0.828. The number of benzene rings is 2. The lowest BCUT2D eigenvalue weighted by Gasteiger charge is -2.26. The van der Waals surface area contributed by atoms with E-state index in [0.717, 1.165) is 13.1 Å². The van der Waals surface area contributed by atoms with Crippen molar-refractivity contribution in [3.63, 3.8) is 0 Å². The number of anilines is 2. The molecule has 4 aromatic rings. The molecule has 2 aromatic carbocycles. The van der Waals surface area contributed by atoms with E-state index in [2.05, 4.69) is 36.0 Å². The normalized spacial score (nSPS) is 14.0. The molecule has 11 nitrogen and oxygen atoms in total. The summed E-state index contributed by atoms with van der Waals surface area (Å²) in [5.41, 5.74) is -0.268. The van der Waals surface area contributed by atoms with Crippen molar-refractivity contribution in [3.05, 3.63) is 66.1 Å². The number of H-pyrrole nitrogens is 1. The first kappa shape index (κ1) is 28.8. The van der Waals surface area contributed by atoms with E-state index in [1.807, 2.05) is 0 Å². The van der Waals surface area contributed by atoms with Gasteiger partial charge < -0.3 is 25.4 Å². The summed E-state index contributed by atoms with van der Waals surface area (Å²) < 4.78 is 63.9. The van der Waals surface area contributed by atoms with Crippen LogP contribution in [0.15, 0.2) is 54.7 Å². The van der Waals surface area contributed by atoms with Crippen LogP contribution >= 0.6 is 0 Å². The molecule has 3 heterocycles. The van der Waals surface area contributed by atoms with Crippen molar-refractivity contribution >= 4 is 34.5 Å². The zero-order valence-electron chi connectivity index (χ0n) is 21.9. The first-order chi connectivity index (χ1) is 20.2. The molecule has 0 unspecified atom stereocenters. The van der Waals surface area contributed by atoms with Gasteiger partial charge in [-0.1, -0.05) is 12.1 Å². The maximum atomic E-state index is 14.1. The predicted octanol–water partition coefficient (Wildman–Crippen LogP) is 4.85. The Balaban J connectivity index is 1.27. The van der Waals surface area contributed by atoms with Crippen molar-refractivity contribution in [2.24, 2.45) is 0 Å². The molecule has 2 aromatic heterocycles. The average molecular weight is 588 g/mol. The molecule has 0 bridgehead atoms. The third-order valence-corrected chi connectivity index (χ3v) is 6.35. The van der Waals surface area contributed by atoms with Gasteiger partial charge in [-0.05, 0) is 30.3 Å². The number of carbonyl (C=O) groups excluding carboxylic acids is 2. The number of aromatic amines is 1. The van der Waals surface area contributed by atoms with Crippen molar-refractivity contribution in [2.75, 3.05) is 50.0 Å². The Kier molecular flexibility index (Phi) is 8.49. The van der Waals surface area contributed by atoms with Gasteiger partial charge in [0.05, 0.1) is 41.7 Å². The van der Waals surface area contributed by atoms with Gasteiger partial charge in [0.2, 0.25) is 0 Å². The number of halogens is 4. The van der Waals surface area contributed by atoms with E-state index in [-0.39, 0.29) is 11.4 Å². The Hall–Kier alpha value is -4.76. The Bertz CT molecular complexity index is 1590. The predicted molar refractivity (Wildman–Crippen MR) is 145 cm³/mol. The van der Waals surface area contributed by atoms with Gasteiger partial charge in [0.25, 0.3) is 0 Å². The first-order valence-corrected chi connectivity index (χ1v) is 12.8. The molecule has 0 atom stereocenters. The van der Waals surface area contributed by atoms with E-state index in [1.54, 1.807) is 18.2 Å². The summed E-state index contributed by atoms with van der Waals surface area (Å²) in [7, 11) is 0. The van der Waals surface area contributed by atoms with Crippen LogP contribution in [0.1, 0.15) is 5.56 Å². The van der Waals surface area contributed by atoms with Crippen LogP contribution in [0, 0.1) is 5.82 Å². The molecular formula is C27H25F4N7O4. The Morgan fingerprint density at radius 1 is 1.07 bits per heavy atom. The van der Waals surface area contributed by atoms with Gasteiger partial charge >= 0.3 is 18.3 Å². The molecule has 0 radical (unpaired) electrons. The number of rotatable bonds is 7. The maximum Gasteiger partial charge on any atom is 0.416 e. The van der Waals surface area contributed by atoms with Gasteiger partial charge in [-0.15, -0.1) is 0 Å². The van der Waals surface area contributed by atoms with E-state index >= 15 is 0 Å². The third-order valence-electron chi connectivity index (χ3n) is 6.35. The minimum absolute atomic E-state index is 0.198. The number of nitrogens with one attached hydrogen (secondary N) is 4. The van der Waals surface area contributed by atoms with Crippen LogP contribution in [0.2, 0.25) is 0 Å². The van der Waals surface area contributed by atoms with E-state index in [4.69, 9.17) is 9.47 Å². The van der Waals surface area contributed by atoms with E-state index in [1.165, 1.54) is 18.3 Å². The molecule has 0 aliphatic carbocycles. The lowest BCUT2D eigenvalue weighted by molar-refractivity contribution is -0.137. The highest BCUT2D eigenvalue weighted by molar-refractivity contribution is 6.00. The Morgan fingerprint density at radius 3 is 2.67 bits per heavy atom. The molecule has 3 amide bonds. The van der Waals surface area contributed by atoms with Crippen LogP contribution in [0.5, 0.6) is 5.75 Å². The molecule has 1 fully saturated rings. The van der Waals surface area contributed by atoms with Crippen molar-refractivity contribution in [3.8, 4) is 17.0 Å². The zero-order chi connectivity index (χ0) is 29.7. The van der Waals surface area contributed by atoms with Crippen LogP contribution in [-0.4, -0.2) is 71.6 Å². The average Bonchev–Trinajstić information content (AvgIpc) is 3.44. The van der Waals surface area contributed by atoms with Gasteiger partial charge in [0, 0.05) is 43.5 Å². The molecule has 1 saturated heterocycles. The number of fused-ring (bicyclic) bond motifs is 1. The monoisotopic (exact) mass is 587 g/mol. The largest absolute Gasteiger partial charge is 0.416 e. The molecule has 1 aliphatic rings. The van der Waals surface area contributed by atoms with Crippen molar-refractivity contribution < 1.29 is 36.6 Å². The summed E-state index contributed by atoms with van der Waals surface area (Å²) in [6, 6.07) is 8.66. The number of hydrogen-bond donors (Lipinski definition) is 4. The molecule has 15 heteroatoms. The fourth-order valence-corrected chi connectivity index (χ4v) is 4.25. The second kappa shape index (κ2) is 12.4. The molecule has 220 valence electrons. The smallest absolute Gasteiger partial charge is 0.409 e. The highest BCUT2D eigenvalue weighted by Gasteiger charge is 2.31. The van der Waals surface area contributed by atoms with E-state index in [0.29, 0.717) is 66.8 Å². The van der Waals surface area contributed by atoms with Crippen LogP contribution in [-0.2, 0) is 10.9 Å². The number of nitrogens with zero attached hydrogens (tertiary/aromatic N) is 3. The minimum atomic E-state index is -4.70. The number of pyridine rings is 1. The number of alkyl halides is 3. The molecular weight excluding hydrogens is 562 g/mol. The molecule has 0 saturated carbocycles. The summed E-state index contributed by atoms with van der Waals surface area (Å²) in [6.45, 7) is 3.91. The van der Waals surface area contributed by atoms with Crippen LogP contribution in [0.3, 0.4) is 0 Å². The number of carbonyl (C=O) groups is 2. The summed E-state index contributed by atoms with van der Waals surface area (Å²) in [5, 5.41) is 14.5. The molecule has 5 rings (SSSR count). The van der Waals surface area contributed by atoms with Crippen molar-refractivity contribution in [2.45, 2.75) is 6.18 Å². The fourth-order valence-electron chi connectivity index (χ4n) is 4.25. The molecule has 4 N–H and O–H groups in total. The Morgan fingerprint density at radius 2 is 1.88 bits per heavy atom. The molecule has 0 spiro atoms. The standard InChI is InChI=1S/C27H25F4N7O4/c28-20-5-4-17(27(29,30)31)13-22(20)36-25(39)34-18-3-1-2-16(12-18)21-14-23(19-15-33-37-24(19)35-21)42-26(40)32-6-7-38-8-10-41-11-9-38/h1-5,12-15H,6-11H2,(H,32,40)(H,33,35,37)(H2,34,36,39). The maximum absolute atomic E-state index is 14.1. The van der Waals surface area contributed by atoms with Gasteiger partial charge in [0.15, 0.2) is 5.65 Å². The second-order valence-corrected chi connectivity index (χ2v) is 9.26. The van der Waals surface area contributed by atoms with Gasteiger partial charge in [0.1, 0.15) is 11.6 Å². The third kappa shape index (κ3) is 7.11. The Labute approximate surface area is 236 Å². The number of urea groups is 1. The second-order valence-electron chi connectivity index (χ2n) is 9.26. The highest BCUT2D eigenvalue weighted by atomic mass is 19.4. The van der Waals surface area contributed by atoms with Gasteiger partial charge in [-0.25, -0.2) is 19.0 Å². The lowest BCUT2D eigenvalue weighted by Crippen LogP contribution is -2.41. The van der Waals surface area contributed by atoms with Crippen LogP contribution < -0.4 is 20.7 Å². The van der Waals surface area contributed by atoms with E-state index in [9.17, 15) is 27.2 Å².